The van der Waals surface area contributed by atoms with E-state index in [2.05, 4.69) is 0 Å². The third kappa shape index (κ3) is 2.26. The molecule has 1 aromatic carbocycles. The van der Waals surface area contributed by atoms with Gasteiger partial charge in [-0.1, -0.05) is 24.3 Å². The van der Waals surface area contributed by atoms with Crippen LogP contribution in [0.4, 0.5) is 4.39 Å². The zero-order valence-electron chi connectivity index (χ0n) is 7.03. The molecule has 0 aliphatic rings. The van der Waals surface area contributed by atoms with E-state index in [0.29, 0.717) is 11.1 Å². The number of halogens is 1. The van der Waals surface area contributed by atoms with Gasteiger partial charge in [0.25, 0.3) is 0 Å². The Morgan fingerprint density at radius 1 is 1.54 bits per heavy atom. The van der Waals surface area contributed by atoms with E-state index >= 15 is 0 Å². The van der Waals surface area contributed by atoms with Gasteiger partial charge in [-0.25, -0.2) is 4.39 Å². The summed E-state index contributed by atoms with van der Waals surface area (Å²) in [6, 6.07) is 5.60. The zero-order valence-corrected chi connectivity index (χ0v) is 7.03. The quantitative estimate of drug-likeness (QED) is 0.720. The number of hydrogen-bond donors (Lipinski definition) is 2. The van der Waals surface area contributed by atoms with Crippen molar-refractivity contribution in [2.45, 2.75) is 12.7 Å². The fourth-order valence-corrected chi connectivity index (χ4v) is 1.03. The van der Waals surface area contributed by atoms with Crippen LogP contribution in [0.15, 0.2) is 24.3 Å². The van der Waals surface area contributed by atoms with Gasteiger partial charge in [-0.15, -0.1) is 0 Å². The lowest BCUT2D eigenvalue weighted by molar-refractivity contribution is -0.119. The molecule has 4 N–H and O–H groups in total. The summed E-state index contributed by atoms with van der Waals surface area (Å²) in [4.78, 5) is 10.7. The molecule has 1 atom stereocenters. The molecular weight excluding hydrogens is 171 g/mol. The van der Waals surface area contributed by atoms with E-state index in [9.17, 15) is 9.18 Å². The highest BCUT2D eigenvalue weighted by molar-refractivity contribution is 5.81. The van der Waals surface area contributed by atoms with Gasteiger partial charge in [0.15, 0.2) is 0 Å². The van der Waals surface area contributed by atoms with Crippen LogP contribution in [0, 0.1) is 0 Å². The molecule has 0 heterocycles. The van der Waals surface area contributed by atoms with Gasteiger partial charge in [-0.2, -0.15) is 0 Å². The monoisotopic (exact) mass is 182 g/mol. The molecule has 13 heavy (non-hydrogen) atoms. The van der Waals surface area contributed by atoms with Crippen LogP contribution in [0.3, 0.4) is 0 Å². The number of benzene rings is 1. The van der Waals surface area contributed by atoms with Gasteiger partial charge in [-0.3, -0.25) is 4.79 Å². The van der Waals surface area contributed by atoms with Crippen LogP contribution in [0.2, 0.25) is 0 Å². The molecule has 4 heteroatoms. The summed E-state index contributed by atoms with van der Waals surface area (Å²) in [5.41, 5.74) is 11.5. The average Bonchev–Trinajstić information content (AvgIpc) is 2.16. The number of hydrogen-bond acceptors (Lipinski definition) is 2. The molecule has 0 fully saturated rings. The van der Waals surface area contributed by atoms with Crippen LogP contribution in [0.1, 0.15) is 17.2 Å². The molecule has 0 unspecified atom stereocenters. The Bertz CT molecular complexity index is 314. The maximum atomic E-state index is 12.2. The minimum atomic E-state index is -0.855. The lowest BCUT2D eigenvalue weighted by Crippen LogP contribution is -2.28. The first-order chi connectivity index (χ1) is 6.15. The summed E-state index contributed by atoms with van der Waals surface area (Å²) >= 11 is 0. The fourth-order valence-electron chi connectivity index (χ4n) is 1.03. The second-order valence-corrected chi connectivity index (χ2v) is 2.76. The van der Waals surface area contributed by atoms with Crippen LogP contribution < -0.4 is 11.5 Å². The molecule has 70 valence electrons. The van der Waals surface area contributed by atoms with E-state index in [1.54, 1.807) is 18.2 Å². The fraction of sp³-hybridized carbons (Fsp3) is 0.222. The Morgan fingerprint density at radius 3 is 2.77 bits per heavy atom. The van der Waals surface area contributed by atoms with Crippen molar-refractivity contribution in [2.24, 2.45) is 11.5 Å². The molecule has 0 saturated carbocycles. The topological polar surface area (TPSA) is 69.1 Å². The first-order valence-corrected chi connectivity index (χ1v) is 3.85. The summed E-state index contributed by atoms with van der Waals surface area (Å²) in [5, 5.41) is 0. The van der Waals surface area contributed by atoms with E-state index in [1.165, 1.54) is 6.07 Å². The molecule has 0 aliphatic carbocycles. The third-order valence-corrected chi connectivity index (χ3v) is 1.77. The summed E-state index contributed by atoms with van der Waals surface area (Å²) in [6.45, 7) is -0.570. The maximum absolute atomic E-state index is 12.2. The number of rotatable bonds is 3. The molecule has 1 amide bonds. The van der Waals surface area contributed by atoms with Gasteiger partial charge >= 0.3 is 0 Å². The summed E-state index contributed by atoms with van der Waals surface area (Å²) < 4.78 is 12.2. The summed E-state index contributed by atoms with van der Waals surface area (Å²) in [5.74, 6) is -0.615. The second-order valence-electron chi connectivity index (χ2n) is 2.76. The van der Waals surface area contributed by atoms with Gasteiger partial charge in [-0.05, 0) is 11.1 Å². The SMILES string of the molecule is NC(=O)[C@@H](N)c1cccc(CF)c1. The molecule has 0 bridgehead atoms. The van der Waals surface area contributed by atoms with Gasteiger partial charge in [0.05, 0.1) is 0 Å². The lowest BCUT2D eigenvalue weighted by Gasteiger charge is -2.07. The van der Waals surface area contributed by atoms with Gasteiger partial charge < -0.3 is 11.5 Å². The van der Waals surface area contributed by atoms with Crippen molar-refractivity contribution in [1.29, 1.82) is 0 Å². The van der Waals surface area contributed by atoms with E-state index in [1.807, 2.05) is 0 Å². The second kappa shape index (κ2) is 4.00. The number of carbonyl (C=O) groups is 1. The summed E-state index contributed by atoms with van der Waals surface area (Å²) in [7, 11) is 0. The Morgan fingerprint density at radius 2 is 2.23 bits per heavy atom. The lowest BCUT2D eigenvalue weighted by atomic mass is 10.0. The summed E-state index contributed by atoms with van der Waals surface area (Å²) in [6.07, 6.45) is 0. The highest BCUT2D eigenvalue weighted by atomic mass is 19.1. The molecular formula is C9H11FN2O. The van der Waals surface area contributed by atoms with Crippen LogP contribution in [0.5, 0.6) is 0 Å². The normalized spacial score (nSPS) is 12.5. The number of nitrogens with two attached hydrogens (primary N) is 2. The maximum Gasteiger partial charge on any atom is 0.238 e. The first kappa shape index (κ1) is 9.67. The largest absolute Gasteiger partial charge is 0.368 e. The van der Waals surface area contributed by atoms with E-state index in [-0.39, 0.29) is 0 Å². The van der Waals surface area contributed by atoms with Crippen LogP contribution in [-0.4, -0.2) is 5.91 Å². The Kier molecular flexibility index (Phi) is 2.97. The molecule has 1 aromatic rings. The molecule has 0 aromatic heterocycles. The van der Waals surface area contributed by atoms with Crippen molar-refractivity contribution in [3.05, 3.63) is 35.4 Å². The van der Waals surface area contributed by atoms with Crippen molar-refractivity contribution in [3.8, 4) is 0 Å². The van der Waals surface area contributed by atoms with Crippen LogP contribution in [0.25, 0.3) is 0 Å². The number of amides is 1. The number of carbonyl (C=O) groups excluding carboxylic acids is 1. The molecule has 0 spiro atoms. The first-order valence-electron chi connectivity index (χ1n) is 3.85. The minimum absolute atomic E-state index is 0.495. The molecule has 0 radical (unpaired) electrons. The predicted octanol–water partition coefficient (Wildman–Crippen LogP) is 0.641. The van der Waals surface area contributed by atoms with Crippen molar-refractivity contribution in [3.63, 3.8) is 0 Å². The Hall–Kier alpha value is -1.42. The number of primary amides is 1. The van der Waals surface area contributed by atoms with E-state index in [4.69, 9.17) is 11.5 Å². The molecule has 0 saturated heterocycles. The van der Waals surface area contributed by atoms with Gasteiger partial charge in [0.1, 0.15) is 12.7 Å². The average molecular weight is 182 g/mol. The molecule has 3 nitrogen and oxygen atoms in total. The van der Waals surface area contributed by atoms with Gasteiger partial charge in [0.2, 0.25) is 5.91 Å². The predicted molar refractivity (Wildman–Crippen MR) is 47.4 cm³/mol. The zero-order chi connectivity index (χ0) is 9.84. The van der Waals surface area contributed by atoms with Gasteiger partial charge in [0, 0.05) is 0 Å². The smallest absolute Gasteiger partial charge is 0.238 e. The Balaban J connectivity index is 2.94. The highest BCUT2D eigenvalue weighted by Crippen LogP contribution is 2.12. The molecule has 1 rings (SSSR count). The highest BCUT2D eigenvalue weighted by Gasteiger charge is 2.11. The minimum Gasteiger partial charge on any atom is -0.368 e. The standard InChI is InChI=1S/C9H11FN2O/c10-5-6-2-1-3-7(4-6)8(11)9(12)13/h1-4,8H,5,11H2,(H2,12,13)/t8-/m0/s1. The van der Waals surface area contributed by atoms with Crippen LogP contribution in [-0.2, 0) is 11.5 Å². The van der Waals surface area contributed by atoms with E-state index < -0.39 is 18.6 Å². The van der Waals surface area contributed by atoms with Crippen molar-refractivity contribution in [2.75, 3.05) is 0 Å². The van der Waals surface area contributed by atoms with E-state index in [0.717, 1.165) is 0 Å². The number of alkyl halides is 1. The van der Waals surface area contributed by atoms with Crippen molar-refractivity contribution in [1.82, 2.24) is 0 Å². The third-order valence-electron chi connectivity index (χ3n) is 1.77. The molecule has 0 aliphatic heterocycles. The Labute approximate surface area is 75.5 Å². The van der Waals surface area contributed by atoms with Crippen LogP contribution >= 0.6 is 0 Å². The van der Waals surface area contributed by atoms with Crippen molar-refractivity contribution < 1.29 is 9.18 Å². The van der Waals surface area contributed by atoms with Crippen molar-refractivity contribution >= 4 is 5.91 Å².